The van der Waals surface area contributed by atoms with Crippen molar-refractivity contribution >= 4 is 5.69 Å². The number of nitrogens with zero attached hydrogens (tertiary/aromatic N) is 1. The van der Waals surface area contributed by atoms with Crippen LogP contribution in [0.1, 0.15) is 52.5 Å². The van der Waals surface area contributed by atoms with E-state index >= 15 is 0 Å². The summed E-state index contributed by atoms with van der Waals surface area (Å²) in [6.45, 7) is 12.1. The summed E-state index contributed by atoms with van der Waals surface area (Å²) in [5.74, 6) is 0.798. The standard InChI is InChI=1S/C18H32N2O/c1-5-11-20(12-6-2)13-7-8-16-9-10-18(17(19)14-16)21-15(3)4/h9-10,14-15H,5-8,11-13,19H2,1-4H3. The van der Waals surface area contributed by atoms with Gasteiger partial charge >= 0.3 is 0 Å². The molecule has 0 saturated carbocycles. The van der Waals surface area contributed by atoms with E-state index < -0.39 is 0 Å². The van der Waals surface area contributed by atoms with E-state index in [2.05, 4.69) is 30.9 Å². The topological polar surface area (TPSA) is 38.5 Å². The van der Waals surface area contributed by atoms with Crippen molar-refractivity contribution in [1.82, 2.24) is 4.90 Å². The van der Waals surface area contributed by atoms with Crippen LogP contribution in [0, 0.1) is 0 Å². The summed E-state index contributed by atoms with van der Waals surface area (Å²) in [5.41, 5.74) is 8.11. The molecule has 21 heavy (non-hydrogen) atoms. The van der Waals surface area contributed by atoms with E-state index in [1.165, 1.54) is 44.5 Å². The van der Waals surface area contributed by atoms with Gasteiger partial charge in [0.25, 0.3) is 0 Å². The fraction of sp³-hybridized carbons (Fsp3) is 0.667. The van der Waals surface area contributed by atoms with E-state index in [1.807, 2.05) is 19.9 Å². The van der Waals surface area contributed by atoms with E-state index in [-0.39, 0.29) is 6.10 Å². The molecule has 3 heteroatoms. The van der Waals surface area contributed by atoms with E-state index in [0.29, 0.717) is 0 Å². The van der Waals surface area contributed by atoms with Crippen LogP contribution in [0.25, 0.3) is 0 Å². The monoisotopic (exact) mass is 292 g/mol. The third kappa shape index (κ3) is 6.85. The molecule has 0 aliphatic carbocycles. The van der Waals surface area contributed by atoms with Crippen molar-refractivity contribution in [3.8, 4) is 5.75 Å². The Morgan fingerprint density at radius 2 is 1.76 bits per heavy atom. The lowest BCUT2D eigenvalue weighted by Crippen LogP contribution is -2.26. The van der Waals surface area contributed by atoms with Crippen LogP contribution in [-0.2, 0) is 6.42 Å². The Balaban J connectivity index is 2.46. The Morgan fingerprint density at radius 3 is 2.29 bits per heavy atom. The van der Waals surface area contributed by atoms with E-state index in [0.717, 1.165) is 17.9 Å². The maximum Gasteiger partial charge on any atom is 0.142 e. The molecule has 0 unspecified atom stereocenters. The summed E-state index contributed by atoms with van der Waals surface area (Å²) < 4.78 is 5.67. The van der Waals surface area contributed by atoms with Gasteiger partial charge in [-0.25, -0.2) is 0 Å². The van der Waals surface area contributed by atoms with Gasteiger partial charge < -0.3 is 15.4 Å². The van der Waals surface area contributed by atoms with Crippen molar-refractivity contribution in [3.63, 3.8) is 0 Å². The SMILES string of the molecule is CCCN(CCC)CCCc1ccc(OC(C)C)c(N)c1. The van der Waals surface area contributed by atoms with Crippen LogP contribution < -0.4 is 10.5 Å². The minimum Gasteiger partial charge on any atom is -0.489 e. The van der Waals surface area contributed by atoms with Crippen LogP contribution in [0.3, 0.4) is 0 Å². The van der Waals surface area contributed by atoms with Gasteiger partial charge in [0.15, 0.2) is 0 Å². The zero-order valence-corrected chi connectivity index (χ0v) is 14.2. The summed E-state index contributed by atoms with van der Waals surface area (Å²) in [6, 6.07) is 6.19. The molecular weight excluding hydrogens is 260 g/mol. The summed E-state index contributed by atoms with van der Waals surface area (Å²) in [4.78, 5) is 2.56. The van der Waals surface area contributed by atoms with Crippen molar-refractivity contribution in [3.05, 3.63) is 23.8 Å². The quantitative estimate of drug-likeness (QED) is 0.660. The van der Waals surface area contributed by atoms with Crippen molar-refractivity contribution in [1.29, 1.82) is 0 Å². The van der Waals surface area contributed by atoms with Crippen LogP contribution in [0.4, 0.5) is 5.69 Å². The minimum absolute atomic E-state index is 0.162. The molecule has 0 aliphatic heterocycles. The molecule has 0 spiro atoms. The summed E-state index contributed by atoms with van der Waals surface area (Å²) in [5, 5.41) is 0. The fourth-order valence-electron chi connectivity index (χ4n) is 2.59. The van der Waals surface area contributed by atoms with Crippen LogP contribution in [-0.4, -0.2) is 30.6 Å². The smallest absolute Gasteiger partial charge is 0.142 e. The van der Waals surface area contributed by atoms with Crippen LogP contribution in [0.5, 0.6) is 5.75 Å². The molecule has 0 amide bonds. The largest absolute Gasteiger partial charge is 0.489 e. The molecule has 2 N–H and O–H groups in total. The molecule has 0 heterocycles. The summed E-state index contributed by atoms with van der Waals surface area (Å²) in [6.07, 6.45) is 4.89. The summed E-state index contributed by atoms with van der Waals surface area (Å²) >= 11 is 0. The number of nitrogens with two attached hydrogens (primary N) is 1. The Labute approximate surface area is 130 Å². The number of hydrogen-bond donors (Lipinski definition) is 1. The summed E-state index contributed by atoms with van der Waals surface area (Å²) in [7, 11) is 0. The highest BCUT2D eigenvalue weighted by molar-refractivity contribution is 5.54. The average molecular weight is 292 g/mol. The number of rotatable bonds is 10. The zero-order valence-electron chi connectivity index (χ0n) is 14.2. The maximum atomic E-state index is 6.06. The molecule has 1 rings (SSSR count). The highest BCUT2D eigenvalue weighted by Gasteiger charge is 2.06. The number of nitrogen functional groups attached to an aromatic ring is 1. The lowest BCUT2D eigenvalue weighted by atomic mass is 10.1. The third-order valence-corrected chi connectivity index (χ3v) is 3.46. The van der Waals surface area contributed by atoms with Gasteiger partial charge in [-0.3, -0.25) is 0 Å². The molecule has 0 aromatic heterocycles. The Hall–Kier alpha value is -1.22. The minimum atomic E-state index is 0.162. The number of ether oxygens (including phenoxy) is 1. The molecule has 0 bridgehead atoms. The Bertz CT molecular complexity index is 398. The second-order valence-electron chi connectivity index (χ2n) is 5.98. The van der Waals surface area contributed by atoms with Crippen molar-refractivity contribution < 1.29 is 4.74 Å². The van der Waals surface area contributed by atoms with Gasteiger partial charge in [0, 0.05) is 0 Å². The third-order valence-electron chi connectivity index (χ3n) is 3.46. The Kier molecular flexibility index (Phi) is 8.21. The molecule has 120 valence electrons. The second-order valence-corrected chi connectivity index (χ2v) is 5.98. The predicted octanol–water partition coefficient (Wildman–Crippen LogP) is 4.11. The second kappa shape index (κ2) is 9.67. The Morgan fingerprint density at radius 1 is 1.10 bits per heavy atom. The van der Waals surface area contributed by atoms with Crippen LogP contribution in [0.2, 0.25) is 0 Å². The molecule has 1 aromatic rings. The fourth-order valence-corrected chi connectivity index (χ4v) is 2.59. The zero-order chi connectivity index (χ0) is 15.7. The number of aryl methyl sites for hydroxylation is 1. The van der Waals surface area contributed by atoms with E-state index in [4.69, 9.17) is 10.5 Å². The highest BCUT2D eigenvalue weighted by Crippen LogP contribution is 2.24. The van der Waals surface area contributed by atoms with Gasteiger partial charge in [0.05, 0.1) is 11.8 Å². The van der Waals surface area contributed by atoms with Crippen molar-refractivity contribution in [2.75, 3.05) is 25.4 Å². The maximum absolute atomic E-state index is 6.06. The first kappa shape index (κ1) is 17.8. The van der Waals surface area contributed by atoms with Gasteiger partial charge in [-0.15, -0.1) is 0 Å². The lowest BCUT2D eigenvalue weighted by molar-refractivity contribution is 0.244. The first-order chi connectivity index (χ1) is 10.1. The number of anilines is 1. The van der Waals surface area contributed by atoms with Gasteiger partial charge in [-0.2, -0.15) is 0 Å². The molecule has 0 aliphatic rings. The van der Waals surface area contributed by atoms with Gasteiger partial charge in [-0.05, 0) is 76.9 Å². The predicted molar refractivity (Wildman–Crippen MR) is 92.0 cm³/mol. The van der Waals surface area contributed by atoms with Crippen molar-refractivity contribution in [2.24, 2.45) is 0 Å². The first-order valence-corrected chi connectivity index (χ1v) is 8.34. The van der Waals surface area contributed by atoms with Crippen LogP contribution >= 0.6 is 0 Å². The molecule has 3 nitrogen and oxygen atoms in total. The molecule has 0 fully saturated rings. The molecular formula is C18H32N2O. The van der Waals surface area contributed by atoms with Crippen molar-refractivity contribution in [2.45, 2.75) is 59.5 Å². The molecule has 0 atom stereocenters. The van der Waals surface area contributed by atoms with Crippen LogP contribution in [0.15, 0.2) is 18.2 Å². The van der Waals surface area contributed by atoms with Gasteiger partial charge in [-0.1, -0.05) is 19.9 Å². The van der Waals surface area contributed by atoms with E-state index in [1.54, 1.807) is 0 Å². The molecule has 1 aromatic carbocycles. The van der Waals surface area contributed by atoms with Gasteiger partial charge in [0.2, 0.25) is 0 Å². The molecule has 0 radical (unpaired) electrons. The number of benzene rings is 1. The van der Waals surface area contributed by atoms with Gasteiger partial charge in [0.1, 0.15) is 5.75 Å². The first-order valence-electron chi connectivity index (χ1n) is 8.34. The normalized spacial score (nSPS) is 11.3. The molecule has 0 saturated heterocycles. The van der Waals surface area contributed by atoms with E-state index in [9.17, 15) is 0 Å². The number of hydrogen-bond acceptors (Lipinski definition) is 3. The highest BCUT2D eigenvalue weighted by atomic mass is 16.5. The average Bonchev–Trinajstić information content (AvgIpc) is 2.42. The lowest BCUT2D eigenvalue weighted by Gasteiger charge is -2.20.